The predicted octanol–water partition coefficient (Wildman–Crippen LogP) is -0.906. The van der Waals surface area contributed by atoms with Gasteiger partial charge in [0.1, 0.15) is 30.8 Å². The number of nitrogens with one attached hydrogen (secondary N) is 2. The Hall–Kier alpha value is -3.22. The molecule has 3 aromatic rings. The normalized spacial score (nSPS) is 29.5. The van der Waals surface area contributed by atoms with Gasteiger partial charge in [-0.25, -0.2) is 19.0 Å². The van der Waals surface area contributed by atoms with E-state index in [0.717, 1.165) is 12.8 Å². The number of aromatic amines is 2. The van der Waals surface area contributed by atoms with E-state index in [1.54, 1.807) is 11.6 Å². The number of imidazole rings is 1. The minimum Gasteiger partial charge on any atom is -0.394 e. The number of hydrogen-bond acceptors (Lipinski definition) is 13. The summed E-state index contributed by atoms with van der Waals surface area (Å²) in [6.07, 6.45) is -1.01. The van der Waals surface area contributed by atoms with Crippen molar-refractivity contribution in [3.8, 4) is 0 Å². The molecule has 0 saturated carbocycles. The Morgan fingerprint density at radius 2 is 1.81 bits per heavy atom. The summed E-state index contributed by atoms with van der Waals surface area (Å²) in [7, 11) is -4.01. The highest BCUT2D eigenvalue weighted by molar-refractivity contribution is 7.51. The number of nitrogen functional groups attached to an aromatic ring is 1. The maximum Gasteiger partial charge on any atom is 0.408 e. The van der Waals surface area contributed by atoms with Crippen LogP contribution in [0, 0.1) is 6.92 Å². The Bertz CT molecular complexity index is 1710. The highest BCUT2D eigenvalue weighted by Crippen LogP contribution is 2.57. The van der Waals surface area contributed by atoms with Crippen LogP contribution in [0.3, 0.4) is 0 Å². The van der Waals surface area contributed by atoms with E-state index in [4.69, 9.17) is 24.3 Å². The van der Waals surface area contributed by atoms with Gasteiger partial charge in [-0.3, -0.25) is 37.7 Å². The van der Waals surface area contributed by atoms with Gasteiger partial charge >= 0.3 is 13.4 Å². The topological polar surface area (TPSA) is 242 Å². The summed E-state index contributed by atoms with van der Waals surface area (Å²) in [5.74, 6) is -0.102. The Kier molecular flexibility index (Phi) is 8.12. The van der Waals surface area contributed by atoms with Crippen LogP contribution in [0.2, 0.25) is 0 Å². The summed E-state index contributed by atoms with van der Waals surface area (Å²) in [6.45, 7) is 1.66. The number of aliphatic hydroxyl groups excluding tert-OH is 2. The van der Waals surface area contributed by atoms with Gasteiger partial charge in [0.05, 0.1) is 25.6 Å². The van der Waals surface area contributed by atoms with Crippen LogP contribution in [-0.4, -0.2) is 94.7 Å². The molecule has 3 aromatic heterocycles. The molecule has 3 fully saturated rings. The summed E-state index contributed by atoms with van der Waals surface area (Å²) in [4.78, 5) is 49.1. The van der Waals surface area contributed by atoms with Crippen molar-refractivity contribution in [1.82, 2.24) is 33.7 Å². The molecule has 43 heavy (non-hydrogen) atoms. The van der Waals surface area contributed by atoms with Gasteiger partial charge in [-0.05, 0) is 19.8 Å². The molecule has 0 amide bonds. The zero-order valence-electron chi connectivity index (χ0n) is 23.2. The standard InChI is InChI=1S/C24H33N8O10P/c1-12-8-31(24(37)29-21(12)35)17-6-13(34)16(41-17)10-39-43(38,30-4-2-3-5-30)42-14-7-18(40-15(14)9-33)32-11-26-19-20(32)27-23(25)28-22(19)36/h8,11,13-18,33-34H,2-7,9-10H2,1H3,(H,29,35,37)(H3,25,27,28,36)/t13-,14-,15-,16-,17-,18-,43?/m1/s1. The van der Waals surface area contributed by atoms with E-state index in [9.17, 15) is 29.2 Å². The van der Waals surface area contributed by atoms with Gasteiger partial charge in [0.15, 0.2) is 11.2 Å². The lowest BCUT2D eigenvalue weighted by Crippen LogP contribution is -2.34. The quantitative estimate of drug-likeness (QED) is 0.181. The first kappa shape index (κ1) is 29.8. The smallest absolute Gasteiger partial charge is 0.394 e. The second kappa shape index (κ2) is 11.7. The van der Waals surface area contributed by atoms with Crippen LogP contribution in [0.4, 0.5) is 5.95 Å². The highest BCUT2D eigenvalue weighted by Gasteiger charge is 2.46. The SMILES string of the molecule is Cc1cn([C@H]2C[C@@H](O)[C@@H](COP(=O)(O[C@@H]3C[C@H](n4cnc5c(=O)[nH]c(N)nc54)O[C@@H]3CO)N3CCCC3)O2)c(=O)[nH]c1=O. The van der Waals surface area contributed by atoms with Crippen molar-refractivity contribution in [2.45, 2.75) is 69.5 Å². The van der Waals surface area contributed by atoms with E-state index in [1.807, 2.05) is 0 Å². The van der Waals surface area contributed by atoms with Gasteiger partial charge < -0.3 is 25.4 Å². The summed E-state index contributed by atoms with van der Waals surface area (Å²) in [5, 5.41) is 20.8. The van der Waals surface area contributed by atoms with Gasteiger partial charge in [0.2, 0.25) is 5.95 Å². The molecule has 0 bridgehead atoms. The molecule has 3 aliphatic heterocycles. The molecule has 6 heterocycles. The van der Waals surface area contributed by atoms with E-state index >= 15 is 0 Å². The maximum atomic E-state index is 14.3. The molecule has 3 aliphatic rings. The molecule has 7 atom stereocenters. The van der Waals surface area contributed by atoms with Gasteiger partial charge in [0, 0.05) is 37.7 Å². The third-order valence-corrected chi connectivity index (χ3v) is 9.99. The fraction of sp³-hybridized carbons (Fsp3) is 0.625. The van der Waals surface area contributed by atoms with Crippen LogP contribution in [0.15, 0.2) is 26.9 Å². The van der Waals surface area contributed by atoms with E-state index < -0.39 is 68.0 Å². The molecule has 19 heteroatoms. The fourth-order valence-electron chi connectivity index (χ4n) is 5.60. The Morgan fingerprint density at radius 1 is 1.09 bits per heavy atom. The van der Waals surface area contributed by atoms with Crippen molar-refractivity contribution >= 4 is 24.9 Å². The molecular formula is C24H33N8O10P. The van der Waals surface area contributed by atoms with E-state index in [0.29, 0.717) is 18.7 Å². The molecule has 234 valence electrons. The molecular weight excluding hydrogens is 591 g/mol. The molecule has 1 unspecified atom stereocenters. The van der Waals surface area contributed by atoms with Crippen LogP contribution in [-0.2, 0) is 23.1 Å². The van der Waals surface area contributed by atoms with Crippen LogP contribution in [0.5, 0.6) is 0 Å². The first-order valence-electron chi connectivity index (χ1n) is 13.9. The van der Waals surface area contributed by atoms with Crippen molar-refractivity contribution in [1.29, 1.82) is 0 Å². The zero-order chi connectivity index (χ0) is 30.5. The second-order valence-electron chi connectivity index (χ2n) is 10.8. The Labute approximate surface area is 243 Å². The average molecular weight is 625 g/mol. The summed E-state index contributed by atoms with van der Waals surface area (Å²) < 4.78 is 42.5. The molecule has 0 spiro atoms. The molecule has 3 saturated heterocycles. The number of nitrogens with zero attached hydrogens (tertiary/aromatic N) is 5. The summed E-state index contributed by atoms with van der Waals surface area (Å²) in [5.41, 5.74) is 4.54. The lowest BCUT2D eigenvalue weighted by Gasteiger charge is -2.31. The lowest BCUT2D eigenvalue weighted by atomic mass is 10.2. The minimum atomic E-state index is -4.01. The Balaban J connectivity index is 1.19. The van der Waals surface area contributed by atoms with Crippen LogP contribution >= 0.6 is 7.75 Å². The maximum absolute atomic E-state index is 14.3. The number of aryl methyl sites for hydroxylation is 1. The average Bonchev–Trinajstić information content (AvgIpc) is 3.76. The summed E-state index contributed by atoms with van der Waals surface area (Å²) in [6, 6.07) is 0. The van der Waals surface area contributed by atoms with E-state index in [2.05, 4.69) is 19.9 Å². The van der Waals surface area contributed by atoms with Gasteiger partial charge in [0.25, 0.3) is 11.1 Å². The van der Waals surface area contributed by atoms with Gasteiger partial charge in [-0.15, -0.1) is 0 Å². The first-order valence-corrected chi connectivity index (χ1v) is 15.4. The molecule has 6 rings (SSSR count). The molecule has 0 radical (unpaired) electrons. The highest BCUT2D eigenvalue weighted by atomic mass is 31.2. The van der Waals surface area contributed by atoms with Crippen molar-refractivity contribution in [3.63, 3.8) is 0 Å². The third kappa shape index (κ3) is 5.72. The number of fused-ring (bicyclic) bond motifs is 1. The molecule has 18 nitrogen and oxygen atoms in total. The van der Waals surface area contributed by atoms with E-state index in [1.165, 1.54) is 21.7 Å². The molecule has 0 aliphatic carbocycles. The number of anilines is 1. The van der Waals surface area contributed by atoms with Crippen molar-refractivity contribution in [2.75, 3.05) is 32.0 Å². The van der Waals surface area contributed by atoms with Crippen LogP contribution in [0.1, 0.15) is 43.7 Å². The number of rotatable bonds is 9. The number of hydrogen-bond donors (Lipinski definition) is 5. The van der Waals surface area contributed by atoms with Crippen LogP contribution in [0.25, 0.3) is 11.2 Å². The zero-order valence-corrected chi connectivity index (χ0v) is 24.1. The van der Waals surface area contributed by atoms with Gasteiger partial charge in [-0.1, -0.05) is 0 Å². The lowest BCUT2D eigenvalue weighted by molar-refractivity contribution is -0.0547. The van der Waals surface area contributed by atoms with Crippen molar-refractivity contribution in [3.05, 3.63) is 49.3 Å². The Morgan fingerprint density at radius 3 is 2.56 bits per heavy atom. The first-order chi connectivity index (χ1) is 20.6. The van der Waals surface area contributed by atoms with Crippen molar-refractivity contribution < 1.29 is 33.3 Å². The van der Waals surface area contributed by atoms with Gasteiger partial charge in [-0.2, -0.15) is 4.98 Å². The summed E-state index contributed by atoms with van der Waals surface area (Å²) >= 11 is 0. The number of nitrogens with two attached hydrogens (primary N) is 1. The molecule has 6 N–H and O–H groups in total. The number of aliphatic hydroxyl groups is 2. The predicted molar refractivity (Wildman–Crippen MR) is 148 cm³/mol. The van der Waals surface area contributed by atoms with Crippen molar-refractivity contribution in [2.24, 2.45) is 0 Å². The van der Waals surface area contributed by atoms with E-state index in [-0.39, 0.29) is 36.6 Å². The largest absolute Gasteiger partial charge is 0.408 e. The fourth-order valence-corrected chi connectivity index (χ4v) is 7.63. The number of H-pyrrole nitrogens is 2. The second-order valence-corrected chi connectivity index (χ2v) is 12.8. The number of ether oxygens (including phenoxy) is 2. The van der Waals surface area contributed by atoms with Crippen LogP contribution < -0.4 is 22.5 Å². The third-order valence-electron chi connectivity index (χ3n) is 7.88. The molecule has 0 aromatic carbocycles. The number of aromatic nitrogens is 6. The minimum absolute atomic E-state index is 0.0409. The monoisotopic (exact) mass is 624 g/mol.